The molecule has 4 aromatic rings. The fraction of sp³-hybridized carbons (Fsp3) is 0.172. The van der Waals surface area contributed by atoms with Gasteiger partial charge in [0.05, 0.1) is 12.8 Å². The molecule has 1 N–H and O–H groups in total. The van der Waals surface area contributed by atoms with Crippen molar-refractivity contribution in [3.05, 3.63) is 119 Å². The van der Waals surface area contributed by atoms with E-state index in [1.165, 1.54) is 0 Å². The zero-order valence-electron chi connectivity index (χ0n) is 19.8. The second kappa shape index (κ2) is 9.50. The summed E-state index contributed by atoms with van der Waals surface area (Å²) in [5.41, 5.74) is 5.05. The maximum Gasteiger partial charge on any atom is 0.255 e. The summed E-state index contributed by atoms with van der Waals surface area (Å²) < 4.78 is 7.27. The SMILES string of the molecule is COc1ccc(NC(=O)C2c3cccn3Cc3ccccc3C(=O)N2Cc2ccc(C)cc2)cc1. The van der Waals surface area contributed by atoms with Crippen molar-refractivity contribution in [1.29, 1.82) is 0 Å². The van der Waals surface area contributed by atoms with E-state index in [4.69, 9.17) is 4.74 Å². The lowest BCUT2D eigenvalue weighted by Gasteiger charge is -2.34. The minimum absolute atomic E-state index is 0.163. The molecule has 6 heteroatoms. The van der Waals surface area contributed by atoms with Gasteiger partial charge in [0, 0.05) is 30.5 Å². The normalized spacial score (nSPS) is 15.0. The maximum absolute atomic E-state index is 14.0. The van der Waals surface area contributed by atoms with Crippen LogP contribution in [0.1, 0.15) is 38.8 Å². The zero-order chi connectivity index (χ0) is 24.4. The van der Waals surface area contributed by atoms with Crippen LogP contribution in [0.5, 0.6) is 5.75 Å². The van der Waals surface area contributed by atoms with Crippen LogP contribution in [-0.4, -0.2) is 28.4 Å². The summed E-state index contributed by atoms with van der Waals surface area (Å²) in [6.07, 6.45) is 1.96. The first kappa shape index (κ1) is 22.5. The molecule has 35 heavy (non-hydrogen) atoms. The number of fused-ring (bicyclic) bond motifs is 2. The smallest absolute Gasteiger partial charge is 0.255 e. The molecule has 1 aliphatic heterocycles. The standard InChI is InChI=1S/C29H27N3O3/c1-20-9-11-21(12-10-20)18-32-27(28(33)30-23-13-15-24(35-2)16-14-23)26-8-5-17-31(26)19-22-6-3-4-7-25(22)29(32)34/h3-17,27H,18-19H2,1-2H3,(H,30,33). The Balaban J connectivity index is 1.58. The minimum atomic E-state index is -0.811. The highest BCUT2D eigenvalue weighted by atomic mass is 16.5. The molecule has 1 aliphatic rings. The van der Waals surface area contributed by atoms with Crippen molar-refractivity contribution < 1.29 is 14.3 Å². The van der Waals surface area contributed by atoms with Crippen molar-refractivity contribution in [2.24, 2.45) is 0 Å². The van der Waals surface area contributed by atoms with Gasteiger partial charge in [0.25, 0.3) is 11.8 Å². The molecule has 0 fully saturated rings. The molecule has 176 valence electrons. The highest BCUT2D eigenvalue weighted by Crippen LogP contribution is 2.31. The molecular formula is C29H27N3O3. The van der Waals surface area contributed by atoms with Gasteiger partial charge in [-0.1, -0.05) is 48.0 Å². The van der Waals surface area contributed by atoms with Crippen molar-refractivity contribution in [3.8, 4) is 5.75 Å². The number of ether oxygens (including phenoxy) is 1. The summed E-state index contributed by atoms with van der Waals surface area (Å²) in [4.78, 5) is 29.4. The number of amides is 2. The summed E-state index contributed by atoms with van der Waals surface area (Å²) in [7, 11) is 1.60. The van der Waals surface area contributed by atoms with Gasteiger partial charge in [-0.05, 0) is 60.5 Å². The number of aryl methyl sites for hydroxylation is 1. The van der Waals surface area contributed by atoms with Gasteiger partial charge in [-0.2, -0.15) is 0 Å². The van der Waals surface area contributed by atoms with Crippen molar-refractivity contribution in [3.63, 3.8) is 0 Å². The van der Waals surface area contributed by atoms with Gasteiger partial charge in [-0.25, -0.2) is 0 Å². The lowest BCUT2D eigenvalue weighted by atomic mass is 10.00. The fourth-order valence-corrected chi connectivity index (χ4v) is 4.52. The molecule has 5 rings (SSSR count). The van der Waals surface area contributed by atoms with E-state index < -0.39 is 6.04 Å². The third kappa shape index (κ3) is 4.55. The van der Waals surface area contributed by atoms with E-state index in [2.05, 4.69) is 5.32 Å². The predicted octanol–water partition coefficient (Wildman–Crippen LogP) is 5.19. The lowest BCUT2D eigenvalue weighted by Crippen LogP contribution is -2.43. The van der Waals surface area contributed by atoms with Crippen LogP contribution in [-0.2, 0) is 17.9 Å². The van der Waals surface area contributed by atoms with Gasteiger partial charge in [0.15, 0.2) is 6.04 Å². The van der Waals surface area contributed by atoms with E-state index in [0.29, 0.717) is 30.1 Å². The van der Waals surface area contributed by atoms with Gasteiger partial charge in [-0.3, -0.25) is 9.59 Å². The van der Waals surface area contributed by atoms with Crippen LogP contribution in [0.3, 0.4) is 0 Å². The first-order valence-electron chi connectivity index (χ1n) is 11.6. The Hall–Kier alpha value is -4.32. The Labute approximate surface area is 204 Å². The molecule has 0 saturated carbocycles. The van der Waals surface area contributed by atoms with Crippen molar-refractivity contribution in [1.82, 2.24) is 9.47 Å². The van der Waals surface area contributed by atoms with Crippen LogP contribution in [0.4, 0.5) is 5.69 Å². The molecule has 0 radical (unpaired) electrons. The number of carbonyl (C=O) groups excluding carboxylic acids is 2. The Kier molecular flexibility index (Phi) is 6.10. The average Bonchev–Trinajstić information content (AvgIpc) is 3.31. The van der Waals surface area contributed by atoms with E-state index in [9.17, 15) is 9.59 Å². The fourth-order valence-electron chi connectivity index (χ4n) is 4.52. The summed E-state index contributed by atoms with van der Waals surface area (Å²) in [6, 6.07) is 25.9. The largest absolute Gasteiger partial charge is 0.497 e. The molecule has 6 nitrogen and oxygen atoms in total. The van der Waals surface area contributed by atoms with Crippen molar-refractivity contribution in [2.75, 3.05) is 12.4 Å². The van der Waals surface area contributed by atoms with Crippen LogP contribution >= 0.6 is 0 Å². The third-order valence-corrected chi connectivity index (χ3v) is 6.39. The van der Waals surface area contributed by atoms with E-state index in [1.807, 2.05) is 78.4 Å². The lowest BCUT2D eigenvalue weighted by molar-refractivity contribution is -0.121. The Morgan fingerprint density at radius 3 is 2.46 bits per heavy atom. The van der Waals surface area contributed by atoms with Gasteiger partial charge in [-0.15, -0.1) is 0 Å². The molecule has 2 amide bonds. The van der Waals surface area contributed by atoms with E-state index in [-0.39, 0.29) is 11.8 Å². The first-order valence-corrected chi connectivity index (χ1v) is 11.6. The first-order chi connectivity index (χ1) is 17.0. The number of anilines is 1. The zero-order valence-corrected chi connectivity index (χ0v) is 19.8. The summed E-state index contributed by atoms with van der Waals surface area (Å²) >= 11 is 0. The van der Waals surface area contributed by atoms with Gasteiger partial charge >= 0.3 is 0 Å². The molecule has 0 aliphatic carbocycles. The summed E-state index contributed by atoms with van der Waals surface area (Å²) in [6.45, 7) is 2.85. The average molecular weight is 466 g/mol. The number of carbonyl (C=O) groups is 2. The third-order valence-electron chi connectivity index (χ3n) is 6.39. The minimum Gasteiger partial charge on any atom is -0.497 e. The molecular weight excluding hydrogens is 438 g/mol. The number of aromatic nitrogens is 1. The number of methoxy groups -OCH3 is 1. The maximum atomic E-state index is 14.0. The number of hydrogen-bond donors (Lipinski definition) is 1. The van der Waals surface area contributed by atoms with Crippen LogP contribution in [0, 0.1) is 6.92 Å². The highest BCUT2D eigenvalue weighted by molar-refractivity contribution is 6.02. The quantitative estimate of drug-likeness (QED) is 0.441. The Morgan fingerprint density at radius 1 is 0.971 bits per heavy atom. The molecule has 2 heterocycles. The summed E-state index contributed by atoms with van der Waals surface area (Å²) in [5, 5.41) is 3.01. The van der Waals surface area contributed by atoms with E-state index in [0.717, 1.165) is 22.4 Å². The summed E-state index contributed by atoms with van der Waals surface area (Å²) in [5.74, 6) is 0.272. The number of nitrogens with zero attached hydrogens (tertiary/aromatic N) is 2. The topological polar surface area (TPSA) is 63.6 Å². The van der Waals surface area contributed by atoms with Crippen molar-refractivity contribution >= 4 is 17.5 Å². The van der Waals surface area contributed by atoms with Crippen LogP contribution in [0.25, 0.3) is 0 Å². The Morgan fingerprint density at radius 2 is 1.71 bits per heavy atom. The predicted molar refractivity (Wildman–Crippen MR) is 135 cm³/mol. The molecule has 1 atom stereocenters. The van der Waals surface area contributed by atoms with Gasteiger partial charge in [0.1, 0.15) is 5.75 Å². The van der Waals surface area contributed by atoms with Crippen LogP contribution in [0.2, 0.25) is 0 Å². The second-order valence-electron chi connectivity index (χ2n) is 8.76. The second-order valence-corrected chi connectivity index (χ2v) is 8.76. The van der Waals surface area contributed by atoms with Crippen molar-refractivity contribution in [2.45, 2.75) is 26.1 Å². The monoisotopic (exact) mass is 465 g/mol. The van der Waals surface area contributed by atoms with Crippen LogP contribution < -0.4 is 10.1 Å². The van der Waals surface area contributed by atoms with E-state index in [1.54, 1.807) is 36.3 Å². The number of rotatable bonds is 5. The van der Waals surface area contributed by atoms with Crippen LogP contribution in [0.15, 0.2) is 91.1 Å². The molecule has 0 saturated heterocycles. The number of nitrogens with one attached hydrogen (secondary N) is 1. The van der Waals surface area contributed by atoms with E-state index >= 15 is 0 Å². The number of benzene rings is 3. The number of hydrogen-bond acceptors (Lipinski definition) is 3. The molecule has 1 unspecified atom stereocenters. The van der Waals surface area contributed by atoms with Gasteiger partial charge < -0.3 is 19.5 Å². The molecule has 3 aromatic carbocycles. The molecule has 0 bridgehead atoms. The molecule has 0 spiro atoms. The highest BCUT2D eigenvalue weighted by Gasteiger charge is 2.36. The Bertz CT molecular complexity index is 1360. The molecule has 1 aromatic heterocycles. The van der Waals surface area contributed by atoms with Gasteiger partial charge in [0.2, 0.25) is 0 Å².